The minimum absolute atomic E-state index is 0.0702. The number of imide groups is 1. The van der Waals surface area contributed by atoms with Gasteiger partial charge in [-0.2, -0.15) is 0 Å². The van der Waals surface area contributed by atoms with Crippen LogP contribution in [0.15, 0.2) is 84.6 Å². The molecule has 1 aliphatic heterocycles. The number of benzene rings is 4. The number of nitrogens with one attached hydrogen (secondary N) is 2. The Morgan fingerprint density at radius 1 is 1.00 bits per heavy atom. The molecule has 0 saturated carbocycles. The molecule has 1 saturated heterocycles. The van der Waals surface area contributed by atoms with E-state index in [0.717, 1.165) is 30.4 Å². The molecule has 1 heterocycles. The van der Waals surface area contributed by atoms with Crippen molar-refractivity contribution in [2.75, 3.05) is 18.5 Å². The van der Waals surface area contributed by atoms with Gasteiger partial charge in [-0.05, 0) is 88.7 Å². The van der Waals surface area contributed by atoms with Crippen LogP contribution in [0.3, 0.4) is 0 Å². The van der Waals surface area contributed by atoms with E-state index in [2.05, 4.69) is 51.4 Å². The lowest BCUT2D eigenvalue weighted by molar-refractivity contribution is -0.127. The molecule has 4 aromatic carbocycles. The fraction of sp³-hybridized carbons (Fsp3) is 0.156. The zero-order valence-electron chi connectivity index (χ0n) is 22.6. The highest BCUT2D eigenvalue weighted by molar-refractivity contribution is 14.1. The zero-order chi connectivity index (χ0) is 28.9. The monoisotopic (exact) mass is 661 g/mol. The zero-order valence-corrected chi connectivity index (χ0v) is 24.7. The first kappa shape index (κ1) is 28.2. The number of carbonyl (C=O) groups is 3. The van der Waals surface area contributed by atoms with Gasteiger partial charge in [0.25, 0.3) is 5.91 Å². The van der Waals surface area contributed by atoms with E-state index in [1.165, 1.54) is 0 Å². The lowest BCUT2D eigenvalue weighted by Crippen LogP contribution is -2.38. The van der Waals surface area contributed by atoms with Crippen LogP contribution in [0.4, 0.5) is 10.5 Å². The predicted molar refractivity (Wildman–Crippen MR) is 167 cm³/mol. The minimum Gasteiger partial charge on any atom is -0.490 e. The topological polar surface area (TPSA) is 97.0 Å². The summed E-state index contributed by atoms with van der Waals surface area (Å²) in [5.41, 5.74) is 3.41. The van der Waals surface area contributed by atoms with Gasteiger partial charge in [-0.1, -0.05) is 60.2 Å². The van der Waals surface area contributed by atoms with E-state index in [1.807, 2.05) is 56.3 Å². The lowest BCUT2D eigenvalue weighted by Gasteiger charge is -2.16. The molecular formula is C32H28IN3O5. The molecule has 0 aromatic heterocycles. The van der Waals surface area contributed by atoms with Gasteiger partial charge in [-0.25, -0.2) is 9.69 Å². The highest BCUT2D eigenvalue weighted by atomic mass is 127. The number of urea groups is 1. The second kappa shape index (κ2) is 12.4. The molecule has 2 N–H and O–H groups in total. The molecular weight excluding hydrogens is 633 g/mol. The second-order valence-corrected chi connectivity index (χ2v) is 10.6. The first-order chi connectivity index (χ1) is 19.8. The molecule has 208 valence electrons. The summed E-state index contributed by atoms with van der Waals surface area (Å²) in [6.45, 7) is 4.19. The van der Waals surface area contributed by atoms with Crippen LogP contribution in [0, 0.1) is 10.5 Å². The number of amides is 4. The Kier molecular flexibility index (Phi) is 8.53. The average Bonchev–Trinajstić information content (AvgIpc) is 3.21. The molecule has 41 heavy (non-hydrogen) atoms. The number of aryl methyl sites for hydroxylation is 1. The van der Waals surface area contributed by atoms with E-state index in [1.54, 1.807) is 24.3 Å². The Hall–Kier alpha value is -4.38. The van der Waals surface area contributed by atoms with Gasteiger partial charge in [0, 0.05) is 5.69 Å². The summed E-state index contributed by atoms with van der Waals surface area (Å²) in [6, 6.07) is 24.5. The van der Waals surface area contributed by atoms with E-state index in [9.17, 15) is 14.4 Å². The van der Waals surface area contributed by atoms with Crippen molar-refractivity contribution in [2.45, 2.75) is 20.5 Å². The lowest BCUT2D eigenvalue weighted by atomic mass is 10.1. The fourth-order valence-electron chi connectivity index (χ4n) is 4.51. The maximum atomic E-state index is 13.0. The van der Waals surface area contributed by atoms with Crippen molar-refractivity contribution in [3.05, 3.63) is 105 Å². The number of halogens is 1. The van der Waals surface area contributed by atoms with Gasteiger partial charge in [-0.3, -0.25) is 9.59 Å². The van der Waals surface area contributed by atoms with Crippen LogP contribution in [0.25, 0.3) is 16.8 Å². The van der Waals surface area contributed by atoms with Crippen LogP contribution in [0.1, 0.15) is 23.6 Å². The van der Waals surface area contributed by atoms with Crippen LogP contribution >= 0.6 is 22.6 Å². The Bertz CT molecular complexity index is 1660. The first-order valence-corrected chi connectivity index (χ1v) is 14.2. The largest absolute Gasteiger partial charge is 0.490 e. The van der Waals surface area contributed by atoms with Crippen molar-refractivity contribution in [3.63, 3.8) is 0 Å². The number of rotatable bonds is 9. The molecule has 0 radical (unpaired) electrons. The summed E-state index contributed by atoms with van der Waals surface area (Å²) in [4.78, 5) is 39.0. The summed E-state index contributed by atoms with van der Waals surface area (Å²) in [7, 11) is 0. The summed E-state index contributed by atoms with van der Waals surface area (Å²) >= 11 is 2.17. The van der Waals surface area contributed by atoms with Crippen LogP contribution in [0.2, 0.25) is 0 Å². The van der Waals surface area contributed by atoms with Gasteiger partial charge in [-0.15, -0.1) is 0 Å². The molecule has 5 rings (SSSR count). The minimum atomic E-state index is -0.657. The van der Waals surface area contributed by atoms with Crippen molar-refractivity contribution < 1.29 is 23.9 Å². The number of ether oxygens (including phenoxy) is 2. The Morgan fingerprint density at radius 3 is 2.54 bits per heavy atom. The Labute approximate surface area is 251 Å². The third kappa shape index (κ3) is 6.51. The number of fused-ring (bicyclic) bond motifs is 1. The molecule has 0 atom stereocenters. The molecule has 1 fully saturated rings. The van der Waals surface area contributed by atoms with Crippen molar-refractivity contribution in [1.29, 1.82) is 0 Å². The summed E-state index contributed by atoms with van der Waals surface area (Å²) < 4.78 is 12.9. The fourth-order valence-corrected chi connectivity index (χ4v) is 5.29. The van der Waals surface area contributed by atoms with Crippen LogP contribution in [-0.2, 0) is 16.2 Å². The summed E-state index contributed by atoms with van der Waals surface area (Å²) in [5, 5.41) is 7.54. The average molecular weight is 661 g/mol. The van der Waals surface area contributed by atoms with E-state index in [4.69, 9.17) is 9.47 Å². The molecule has 0 bridgehead atoms. The number of hydrogen-bond donors (Lipinski definition) is 2. The van der Waals surface area contributed by atoms with E-state index < -0.39 is 24.4 Å². The molecule has 9 heteroatoms. The van der Waals surface area contributed by atoms with E-state index in [0.29, 0.717) is 36.0 Å². The quantitative estimate of drug-likeness (QED) is 0.125. The smallest absolute Gasteiger partial charge is 0.329 e. The molecule has 4 amide bonds. The Balaban J connectivity index is 1.32. The predicted octanol–water partition coefficient (Wildman–Crippen LogP) is 6.26. The van der Waals surface area contributed by atoms with Gasteiger partial charge < -0.3 is 20.1 Å². The van der Waals surface area contributed by atoms with Crippen molar-refractivity contribution in [3.8, 4) is 11.5 Å². The number of anilines is 1. The maximum Gasteiger partial charge on any atom is 0.329 e. The molecule has 0 spiro atoms. The van der Waals surface area contributed by atoms with Crippen LogP contribution < -0.4 is 20.1 Å². The van der Waals surface area contributed by atoms with Gasteiger partial charge >= 0.3 is 6.03 Å². The van der Waals surface area contributed by atoms with Crippen molar-refractivity contribution in [2.24, 2.45) is 0 Å². The third-order valence-electron chi connectivity index (χ3n) is 6.49. The molecule has 4 aromatic rings. The summed E-state index contributed by atoms with van der Waals surface area (Å²) in [5.74, 6) is 0.0640. The van der Waals surface area contributed by atoms with E-state index >= 15 is 0 Å². The molecule has 0 aliphatic carbocycles. The number of nitrogens with zero attached hydrogens (tertiary/aromatic N) is 1. The van der Waals surface area contributed by atoms with Crippen molar-refractivity contribution in [1.82, 2.24) is 10.2 Å². The number of carbonyl (C=O) groups excluding carboxylic acids is 3. The first-order valence-electron chi connectivity index (χ1n) is 13.1. The van der Waals surface area contributed by atoms with Gasteiger partial charge in [0.15, 0.2) is 11.5 Å². The highest BCUT2D eigenvalue weighted by Gasteiger charge is 2.35. The maximum absolute atomic E-state index is 13.0. The van der Waals surface area contributed by atoms with Gasteiger partial charge in [0.1, 0.15) is 18.8 Å². The standard InChI is InChI=1S/C32H28IN3O5/c1-3-40-28-17-21(15-26(33)30(28)41-19-23-9-6-8-22-7-4-5-10-25(22)23)16-27-31(38)36(32(39)35-27)18-29(37)34-24-13-11-20(2)12-14-24/h4-17H,3,18-19H2,1-2H3,(H,34,37)(H,35,39)/b27-16+. The SMILES string of the molecule is CCOc1cc(/C=C2/NC(=O)N(CC(=O)Nc3ccc(C)cc3)C2=O)cc(I)c1OCc1cccc2ccccc12. The second-order valence-electron chi connectivity index (χ2n) is 9.48. The molecule has 1 aliphatic rings. The van der Waals surface area contributed by atoms with Crippen LogP contribution in [-0.4, -0.2) is 35.9 Å². The van der Waals surface area contributed by atoms with Crippen LogP contribution in [0.5, 0.6) is 11.5 Å². The normalized spacial score (nSPS) is 13.9. The number of hydrogen-bond acceptors (Lipinski definition) is 5. The van der Waals surface area contributed by atoms with E-state index in [-0.39, 0.29) is 5.70 Å². The third-order valence-corrected chi connectivity index (χ3v) is 7.30. The molecule has 0 unspecified atom stereocenters. The van der Waals surface area contributed by atoms with Gasteiger partial charge in [0.05, 0.1) is 10.2 Å². The van der Waals surface area contributed by atoms with Gasteiger partial charge in [0.2, 0.25) is 5.91 Å². The highest BCUT2D eigenvalue weighted by Crippen LogP contribution is 2.36. The summed E-state index contributed by atoms with van der Waals surface area (Å²) in [6.07, 6.45) is 1.57. The Morgan fingerprint density at radius 2 is 1.76 bits per heavy atom. The van der Waals surface area contributed by atoms with Crippen molar-refractivity contribution >= 4 is 63.0 Å². The molecule has 8 nitrogen and oxygen atoms in total.